The van der Waals surface area contributed by atoms with Crippen molar-refractivity contribution in [2.75, 3.05) is 32.9 Å². The zero-order valence-electron chi connectivity index (χ0n) is 16.3. The zero-order valence-corrected chi connectivity index (χ0v) is 17.1. The monoisotopic (exact) mass is 505 g/mol. The van der Waals surface area contributed by atoms with Gasteiger partial charge < -0.3 is 19.1 Å². The van der Waals surface area contributed by atoms with Crippen LogP contribution in [0, 0.1) is 0 Å². The van der Waals surface area contributed by atoms with Crippen LogP contribution in [-0.2, 0) is 33.9 Å². The molecule has 1 saturated heterocycles. The summed E-state index contributed by atoms with van der Waals surface area (Å²) in [5, 5.41) is -6.09. The minimum absolute atomic E-state index is 0.229. The van der Waals surface area contributed by atoms with Crippen molar-refractivity contribution in [3.05, 3.63) is 12.2 Å². The molecule has 1 fully saturated rings. The Labute approximate surface area is 176 Å². The number of amides is 1. The first-order valence-electron chi connectivity index (χ1n) is 8.49. The third kappa shape index (κ3) is 5.68. The van der Waals surface area contributed by atoms with Crippen molar-refractivity contribution in [1.29, 1.82) is 0 Å². The van der Waals surface area contributed by atoms with Crippen LogP contribution in [0.15, 0.2) is 12.2 Å². The largest absolute Gasteiger partial charge is 0.466 e. The Morgan fingerprint density at radius 1 is 1.09 bits per heavy atom. The van der Waals surface area contributed by atoms with Crippen molar-refractivity contribution in [2.45, 2.75) is 36.5 Å². The van der Waals surface area contributed by atoms with E-state index < -0.39 is 76.8 Å². The molecule has 0 bridgehead atoms. The van der Waals surface area contributed by atoms with Crippen molar-refractivity contribution in [3.63, 3.8) is 0 Å². The number of carbonyl (C=O) groups excluding carboxylic acids is 2. The summed E-state index contributed by atoms with van der Waals surface area (Å²) in [4.78, 5) is 24.8. The second kappa shape index (κ2) is 9.48. The summed E-state index contributed by atoms with van der Waals surface area (Å²) in [5.41, 5.74) is -0.653. The highest BCUT2D eigenvalue weighted by Gasteiger charge is 2.69. The van der Waals surface area contributed by atoms with Gasteiger partial charge in [0.05, 0.1) is 19.8 Å². The van der Waals surface area contributed by atoms with Crippen molar-refractivity contribution in [3.8, 4) is 0 Å². The van der Waals surface area contributed by atoms with E-state index in [1.807, 2.05) is 0 Å². The van der Waals surface area contributed by atoms with Gasteiger partial charge in [-0.25, -0.2) is 4.79 Å². The number of hydrogen-bond donors (Lipinski definition) is 1. The molecular formula is C15H18F7NO8S. The second-order valence-electron chi connectivity index (χ2n) is 6.48. The van der Waals surface area contributed by atoms with Gasteiger partial charge >= 0.3 is 45.1 Å². The van der Waals surface area contributed by atoms with Crippen LogP contribution >= 0.6 is 0 Å². The standard InChI is InChI=1S/C15H18F7NO8S/c1-9(2)10(24)31-13(14(18,19)20,11(25)23-4-7-29-8-5-23)30-6-3-12(16,17)15(21,22)32(26,27)28/h1,3-8H2,2H3,(H,26,27,28). The molecule has 17 heteroatoms. The molecule has 1 unspecified atom stereocenters. The Morgan fingerprint density at radius 2 is 1.59 bits per heavy atom. The van der Waals surface area contributed by atoms with E-state index in [4.69, 9.17) is 9.29 Å². The summed E-state index contributed by atoms with van der Waals surface area (Å²) in [6.45, 7) is 0.519. The molecule has 1 aliphatic rings. The molecule has 0 saturated carbocycles. The van der Waals surface area contributed by atoms with E-state index in [1.165, 1.54) is 0 Å². The predicted molar refractivity (Wildman–Crippen MR) is 89.1 cm³/mol. The van der Waals surface area contributed by atoms with Gasteiger partial charge in [0, 0.05) is 25.1 Å². The highest BCUT2D eigenvalue weighted by molar-refractivity contribution is 7.87. The Bertz CT molecular complexity index is 839. The molecule has 1 aliphatic heterocycles. The lowest BCUT2D eigenvalue weighted by Crippen LogP contribution is -2.64. The number of halogens is 7. The van der Waals surface area contributed by atoms with E-state index >= 15 is 0 Å². The van der Waals surface area contributed by atoms with Crippen molar-refractivity contribution in [1.82, 2.24) is 4.90 Å². The molecule has 1 rings (SSSR count). The molecule has 0 aromatic rings. The number of morpholine rings is 1. The summed E-state index contributed by atoms with van der Waals surface area (Å²) in [7, 11) is -6.67. The van der Waals surface area contributed by atoms with Gasteiger partial charge in [-0.3, -0.25) is 9.35 Å². The van der Waals surface area contributed by atoms with Gasteiger partial charge in [-0.2, -0.15) is 39.2 Å². The molecule has 32 heavy (non-hydrogen) atoms. The van der Waals surface area contributed by atoms with Gasteiger partial charge in [-0.15, -0.1) is 0 Å². The first-order valence-corrected chi connectivity index (χ1v) is 9.93. The Balaban J connectivity index is 3.31. The normalized spacial score (nSPS) is 18.1. The molecule has 1 heterocycles. The highest BCUT2D eigenvalue weighted by atomic mass is 32.2. The lowest BCUT2D eigenvalue weighted by Gasteiger charge is -2.38. The van der Waals surface area contributed by atoms with Crippen molar-refractivity contribution >= 4 is 22.0 Å². The van der Waals surface area contributed by atoms with E-state index in [2.05, 4.69) is 16.1 Å². The van der Waals surface area contributed by atoms with Gasteiger partial charge in [0.1, 0.15) is 0 Å². The molecule has 0 aliphatic carbocycles. The first-order chi connectivity index (χ1) is 14.3. The summed E-state index contributed by atoms with van der Waals surface area (Å²) < 4.78 is 138. The summed E-state index contributed by atoms with van der Waals surface area (Å²) >= 11 is 0. The summed E-state index contributed by atoms with van der Waals surface area (Å²) in [6, 6.07) is 0. The van der Waals surface area contributed by atoms with Crippen LogP contribution in [0.1, 0.15) is 13.3 Å². The van der Waals surface area contributed by atoms with E-state index in [0.29, 0.717) is 4.90 Å². The smallest absolute Gasteiger partial charge is 0.412 e. The Kier molecular flexibility index (Phi) is 8.31. The van der Waals surface area contributed by atoms with Crippen LogP contribution in [0.25, 0.3) is 0 Å². The summed E-state index contributed by atoms with van der Waals surface area (Å²) in [5.74, 6) is -14.0. The fourth-order valence-electron chi connectivity index (χ4n) is 2.25. The van der Waals surface area contributed by atoms with Gasteiger partial charge in [0.15, 0.2) is 0 Å². The van der Waals surface area contributed by atoms with Crippen LogP contribution in [0.3, 0.4) is 0 Å². The predicted octanol–water partition coefficient (Wildman–Crippen LogP) is 1.75. The quantitative estimate of drug-likeness (QED) is 0.166. The molecule has 1 amide bonds. The van der Waals surface area contributed by atoms with Crippen LogP contribution in [0.4, 0.5) is 30.7 Å². The maximum atomic E-state index is 13.9. The fourth-order valence-corrected chi connectivity index (χ4v) is 2.72. The van der Waals surface area contributed by atoms with Crippen molar-refractivity contribution < 1.29 is 67.5 Å². The average Bonchev–Trinajstić information content (AvgIpc) is 2.64. The Hall–Kier alpha value is -1.98. The van der Waals surface area contributed by atoms with Gasteiger partial charge in [-0.05, 0) is 6.92 Å². The van der Waals surface area contributed by atoms with Crippen LogP contribution in [0.2, 0.25) is 0 Å². The van der Waals surface area contributed by atoms with Crippen LogP contribution in [-0.4, -0.2) is 85.8 Å². The lowest BCUT2D eigenvalue weighted by atomic mass is 10.2. The minimum Gasteiger partial charge on any atom is -0.412 e. The molecule has 9 nitrogen and oxygen atoms in total. The number of hydrogen-bond acceptors (Lipinski definition) is 7. The first kappa shape index (κ1) is 28.1. The van der Waals surface area contributed by atoms with Gasteiger partial charge in [-0.1, -0.05) is 6.58 Å². The van der Waals surface area contributed by atoms with Crippen molar-refractivity contribution in [2.24, 2.45) is 0 Å². The van der Waals surface area contributed by atoms with E-state index in [1.54, 1.807) is 0 Å². The molecule has 0 spiro atoms. The number of alkyl halides is 7. The maximum absolute atomic E-state index is 13.9. The molecular weight excluding hydrogens is 487 g/mol. The SMILES string of the molecule is C=C(C)C(=O)OC(OCCC(F)(F)C(F)(F)S(=O)(=O)O)(C(=O)N1CCOCC1)C(F)(F)F. The van der Waals surface area contributed by atoms with Gasteiger partial charge in [0.25, 0.3) is 0 Å². The van der Waals surface area contributed by atoms with E-state index in [-0.39, 0.29) is 13.2 Å². The fraction of sp³-hybridized carbons (Fsp3) is 0.733. The third-order valence-corrected chi connectivity index (χ3v) is 4.96. The molecule has 186 valence electrons. The average molecular weight is 505 g/mol. The number of nitrogens with zero attached hydrogens (tertiary/aromatic N) is 1. The highest BCUT2D eigenvalue weighted by Crippen LogP contribution is 2.42. The number of ether oxygens (including phenoxy) is 3. The minimum atomic E-state index is -6.67. The second-order valence-corrected chi connectivity index (χ2v) is 7.95. The Morgan fingerprint density at radius 3 is 2.00 bits per heavy atom. The van der Waals surface area contributed by atoms with Crippen LogP contribution < -0.4 is 0 Å². The maximum Gasteiger partial charge on any atom is 0.466 e. The third-order valence-electron chi connectivity index (χ3n) is 4.01. The van der Waals surface area contributed by atoms with E-state index in [9.17, 15) is 48.7 Å². The van der Waals surface area contributed by atoms with E-state index in [0.717, 1.165) is 6.92 Å². The van der Waals surface area contributed by atoms with Crippen LogP contribution in [0.5, 0.6) is 0 Å². The zero-order chi connectivity index (χ0) is 25.2. The lowest BCUT2D eigenvalue weighted by molar-refractivity contribution is -0.353. The molecule has 1 N–H and O–H groups in total. The topological polar surface area (TPSA) is 119 Å². The molecule has 1 atom stereocenters. The number of carbonyl (C=O) groups is 2. The molecule has 0 aromatic heterocycles. The van der Waals surface area contributed by atoms with Gasteiger partial charge in [0.2, 0.25) is 0 Å². The summed E-state index contributed by atoms with van der Waals surface area (Å²) in [6.07, 6.45) is -8.31. The number of rotatable bonds is 9. The molecule has 0 radical (unpaired) electrons. The molecule has 0 aromatic carbocycles. The number of esters is 1.